The standard InChI is InChI=1S/C25H23F2N5O3/c1-15(2)22(29-23(33)21-18(26)9-6-10-19(21)27)24(34)28-17-8-5-7-16(13-17)14-32-25(35)31-12-4-3-11-20(31)30-32/h3-13,15,22H,14H2,1-2H3,(H,28,34)(H,29,33)/t22-/m0/s1. The third-order valence-electron chi connectivity index (χ3n) is 5.44. The van der Waals surface area contributed by atoms with Gasteiger partial charge in [-0.1, -0.05) is 38.1 Å². The van der Waals surface area contributed by atoms with Crippen LogP contribution in [0.5, 0.6) is 0 Å². The fraction of sp³-hybridized carbons (Fsp3) is 0.200. The van der Waals surface area contributed by atoms with Crippen LogP contribution >= 0.6 is 0 Å². The van der Waals surface area contributed by atoms with Gasteiger partial charge < -0.3 is 10.6 Å². The molecule has 0 spiro atoms. The zero-order chi connectivity index (χ0) is 25.1. The fourth-order valence-corrected chi connectivity index (χ4v) is 3.67. The van der Waals surface area contributed by atoms with Crippen LogP contribution in [0.4, 0.5) is 14.5 Å². The number of fused-ring (bicyclic) bond motifs is 1. The number of carbonyl (C=O) groups excluding carboxylic acids is 2. The average molecular weight is 479 g/mol. The molecule has 0 unspecified atom stereocenters. The van der Waals surface area contributed by atoms with Crippen molar-refractivity contribution in [2.45, 2.75) is 26.4 Å². The minimum absolute atomic E-state index is 0.182. The van der Waals surface area contributed by atoms with E-state index < -0.39 is 35.1 Å². The number of hydrogen-bond donors (Lipinski definition) is 2. The number of nitrogens with one attached hydrogen (secondary N) is 2. The molecule has 4 rings (SSSR count). The van der Waals surface area contributed by atoms with Crippen molar-refractivity contribution in [1.82, 2.24) is 19.5 Å². The van der Waals surface area contributed by atoms with E-state index in [1.165, 1.54) is 9.08 Å². The van der Waals surface area contributed by atoms with E-state index in [9.17, 15) is 23.2 Å². The lowest BCUT2D eigenvalue weighted by Crippen LogP contribution is -2.47. The molecule has 0 bridgehead atoms. The Kier molecular flexibility index (Phi) is 6.72. The lowest BCUT2D eigenvalue weighted by atomic mass is 10.0. The van der Waals surface area contributed by atoms with Gasteiger partial charge in [0, 0.05) is 11.9 Å². The second-order valence-electron chi connectivity index (χ2n) is 8.35. The molecule has 2 aromatic carbocycles. The summed E-state index contributed by atoms with van der Waals surface area (Å²) >= 11 is 0. The Bertz CT molecular complexity index is 1440. The van der Waals surface area contributed by atoms with Crippen LogP contribution < -0.4 is 16.3 Å². The molecule has 0 aliphatic carbocycles. The molecule has 0 aliphatic rings. The Labute approximate surface area is 199 Å². The van der Waals surface area contributed by atoms with Crippen molar-refractivity contribution >= 4 is 23.1 Å². The van der Waals surface area contributed by atoms with Gasteiger partial charge in [0.05, 0.1) is 6.54 Å². The average Bonchev–Trinajstić information content (AvgIpc) is 3.12. The van der Waals surface area contributed by atoms with Gasteiger partial charge in [0.2, 0.25) is 5.91 Å². The van der Waals surface area contributed by atoms with E-state index in [0.717, 1.165) is 18.2 Å². The molecule has 2 amide bonds. The topological polar surface area (TPSA) is 97.5 Å². The highest BCUT2D eigenvalue weighted by atomic mass is 19.1. The molecule has 2 heterocycles. The van der Waals surface area contributed by atoms with E-state index in [1.807, 2.05) is 0 Å². The minimum Gasteiger partial charge on any atom is -0.340 e. The summed E-state index contributed by atoms with van der Waals surface area (Å²) in [5.74, 6) is -3.96. The summed E-state index contributed by atoms with van der Waals surface area (Å²) < 4.78 is 30.7. The predicted octanol–water partition coefficient (Wildman–Crippen LogP) is 3.22. The molecular weight excluding hydrogens is 456 g/mol. The maximum Gasteiger partial charge on any atom is 0.350 e. The molecule has 1 atom stereocenters. The number of anilines is 1. The van der Waals surface area contributed by atoms with Gasteiger partial charge >= 0.3 is 5.69 Å². The normalized spacial score (nSPS) is 12.0. The van der Waals surface area contributed by atoms with Gasteiger partial charge in [0.1, 0.15) is 23.2 Å². The number of benzene rings is 2. The quantitative estimate of drug-likeness (QED) is 0.425. The van der Waals surface area contributed by atoms with Crippen LogP contribution in [-0.4, -0.2) is 32.0 Å². The summed E-state index contributed by atoms with van der Waals surface area (Å²) in [5, 5.41) is 9.44. The minimum atomic E-state index is -1.05. The lowest BCUT2D eigenvalue weighted by molar-refractivity contribution is -0.118. The number of hydrogen-bond acceptors (Lipinski definition) is 4. The van der Waals surface area contributed by atoms with Gasteiger partial charge in [-0.05, 0) is 47.9 Å². The van der Waals surface area contributed by atoms with E-state index in [-0.39, 0.29) is 18.2 Å². The van der Waals surface area contributed by atoms with Crippen LogP contribution in [-0.2, 0) is 11.3 Å². The number of aromatic nitrogens is 3. The third-order valence-corrected chi connectivity index (χ3v) is 5.44. The number of halogens is 2. The van der Waals surface area contributed by atoms with Gasteiger partial charge in [0.25, 0.3) is 5.91 Å². The summed E-state index contributed by atoms with van der Waals surface area (Å²) in [4.78, 5) is 38.0. The fourth-order valence-electron chi connectivity index (χ4n) is 3.67. The van der Waals surface area contributed by atoms with Crippen LogP contribution in [0.2, 0.25) is 0 Å². The predicted molar refractivity (Wildman–Crippen MR) is 126 cm³/mol. The van der Waals surface area contributed by atoms with Gasteiger partial charge in [-0.25, -0.2) is 18.3 Å². The van der Waals surface area contributed by atoms with Crippen LogP contribution in [0.25, 0.3) is 5.65 Å². The lowest BCUT2D eigenvalue weighted by Gasteiger charge is -2.22. The third kappa shape index (κ3) is 5.11. The van der Waals surface area contributed by atoms with E-state index in [2.05, 4.69) is 15.7 Å². The highest BCUT2D eigenvalue weighted by molar-refractivity contribution is 6.01. The zero-order valence-corrected chi connectivity index (χ0v) is 19.0. The van der Waals surface area contributed by atoms with E-state index >= 15 is 0 Å². The molecule has 0 saturated heterocycles. The van der Waals surface area contributed by atoms with Gasteiger partial charge in [-0.3, -0.25) is 14.0 Å². The van der Waals surface area contributed by atoms with Gasteiger partial charge in [-0.2, -0.15) is 0 Å². The van der Waals surface area contributed by atoms with Crippen molar-refractivity contribution in [1.29, 1.82) is 0 Å². The molecule has 0 radical (unpaired) electrons. The molecule has 2 aromatic heterocycles. The molecule has 0 saturated carbocycles. The Morgan fingerprint density at radius 3 is 2.40 bits per heavy atom. The van der Waals surface area contributed by atoms with Crippen LogP contribution in [0.1, 0.15) is 29.8 Å². The van der Waals surface area contributed by atoms with Crippen molar-refractivity contribution in [2.24, 2.45) is 5.92 Å². The molecule has 2 N–H and O–H groups in total. The van der Waals surface area contributed by atoms with Crippen molar-refractivity contribution < 1.29 is 18.4 Å². The molecule has 180 valence electrons. The molecule has 8 nitrogen and oxygen atoms in total. The molecule has 0 aliphatic heterocycles. The number of carbonyl (C=O) groups is 2. The van der Waals surface area contributed by atoms with Crippen molar-refractivity contribution in [3.63, 3.8) is 0 Å². The first-order valence-corrected chi connectivity index (χ1v) is 10.9. The zero-order valence-electron chi connectivity index (χ0n) is 19.0. The summed E-state index contributed by atoms with van der Waals surface area (Å²) in [5.41, 5.74) is 0.626. The largest absolute Gasteiger partial charge is 0.350 e. The van der Waals surface area contributed by atoms with Crippen LogP contribution in [0.3, 0.4) is 0 Å². The Morgan fingerprint density at radius 2 is 1.71 bits per heavy atom. The molecule has 0 fully saturated rings. The molecule has 35 heavy (non-hydrogen) atoms. The van der Waals surface area contributed by atoms with Gasteiger partial charge in [-0.15, -0.1) is 5.10 Å². The number of nitrogens with zero attached hydrogens (tertiary/aromatic N) is 3. The van der Waals surface area contributed by atoms with Crippen molar-refractivity contribution in [3.8, 4) is 0 Å². The molecule has 4 aromatic rings. The second kappa shape index (κ2) is 9.88. The highest BCUT2D eigenvalue weighted by Crippen LogP contribution is 2.16. The Morgan fingerprint density at radius 1 is 1.00 bits per heavy atom. The number of rotatable bonds is 7. The monoisotopic (exact) mass is 479 g/mol. The molecule has 10 heteroatoms. The highest BCUT2D eigenvalue weighted by Gasteiger charge is 2.27. The van der Waals surface area contributed by atoms with E-state index in [0.29, 0.717) is 16.9 Å². The summed E-state index contributed by atoms with van der Waals surface area (Å²) in [7, 11) is 0. The Balaban J connectivity index is 1.50. The first kappa shape index (κ1) is 23.8. The number of pyridine rings is 1. The summed E-state index contributed by atoms with van der Waals surface area (Å²) in [6.07, 6.45) is 1.63. The first-order chi connectivity index (χ1) is 16.7. The maximum absolute atomic E-state index is 14.0. The van der Waals surface area contributed by atoms with Crippen LogP contribution in [0.15, 0.2) is 71.7 Å². The van der Waals surface area contributed by atoms with Crippen molar-refractivity contribution in [2.75, 3.05) is 5.32 Å². The van der Waals surface area contributed by atoms with Gasteiger partial charge in [0.15, 0.2) is 5.65 Å². The van der Waals surface area contributed by atoms with E-state index in [1.54, 1.807) is 62.5 Å². The summed E-state index contributed by atoms with van der Waals surface area (Å²) in [6.45, 7) is 3.59. The van der Waals surface area contributed by atoms with E-state index in [4.69, 9.17) is 0 Å². The first-order valence-electron chi connectivity index (χ1n) is 10.9. The second-order valence-corrected chi connectivity index (χ2v) is 8.35. The summed E-state index contributed by atoms with van der Waals surface area (Å²) in [6, 6.07) is 14.1. The van der Waals surface area contributed by atoms with Crippen molar-refractivity contribution in [3.05, 3.63) is 100 Å². The smallest absolute Gasteiger partial charge is 0.340 e. The van der Waals surface area contributed by atoms with Crippen LogP contribution in [0, 0.1) is 17.6 Å². The maximum atomic E-state index is 14.0. The number of amides is 2. The Hall–Kier alpha value is -4.34. The molecular formula is C25H23F2N5O3. The SMILES string of the molecule is CC(C)[C@H](NC(=O)c1c(F)cccc1F)C(=O)Nc1cccc(Cn2nc3ccccn3c2=O)c1.